The van der Waals surface area contributed by atoms with Crippen LogP contribution in [0.1, 0.15) is 0 Å². The second kappa shape index (κ2) is 1.65. The Hall–Kier alpha value is -1.30. The van der Waals surface area contributed by atoms with Crippen molar-refractivity contribution in [3.63, 3.8) is 0 Å². The van der Waals surface area contributed by atoms with Gasteiger partial charge in [0, 0.05) is 5.92 Å². The van der Waals surface area contributed by atoms with Gasteiger partial charge in [-0.15, -0.1) is 0 Å². The molecule has 0 heteroatoms. The molecular weight excluding hydrogens is 132 g/mol. The molecule has 0 saturated heterocycles. The van der Waals surface area contributed by atoms with Gasteiger partial charge in [0.15, 0.2) is 0 Å². The zero-order valence-corrected chi connectivity index (χ0v) is 6.12. The molecule has 3 aliphatic rings. The minimum atomic E-state index is 0.632. The van der Waals surface area contributed by atoms with E-state index in [1.807, 2.05) is 0 Å². The van der Waals surface area contributed by atoms with Gasteiger partial charge in [-0.2, -0.15) is 0 Å². The van der Waals surface area contributed by atoms with Crippen LogP contribution in [0.5, 0.6) is 0 Å². The average molecular weight is 140 g/mol. The molecule has 11 heavy (non-hydrogen) atoms. The van der Waals surface area contributed by atoms with Crippen LogP contribution in [0, 0.1) is 5.92 Å². The summed E-state index contributed by atoms with van der Waals surface area (Å²) in [5.41, 5.74) is 4.34. The van der Waals surface area contributed by atoms with Crippen molar-refractivity contribution in [3.05, 3.63) is 59.3 Å². The fourth-order valence-corrected chi connectivity index (χ4v) is 1.88. The number of rotatable bonds is 0. The third-order valence-corrected chi connectivity index (χ3v) is 2.46. The lowest BCUT2D eigenvalue weighted by Gasteiger charge is -2.22. The van der Waals surface area contributed by atoms with Gasteiger partial charge in [0.2, 0.25) is 0 Å². The highest BCUT2D eigenvalue weighted by molar-refractivity contribution is 5.66. The number of allylic oxidation sites excluding steroid dienone is 10. The Kier molecular flexibility index (Phi) is 0.803. The second-order valence-corrected chi connectivity index (χ2v) is 3.09. The Balaban J connectivity index is 2.28. The molecule has 3 rings (SSSR count). The Bertz CT molecular complexity index is 359. The summed E-state index contributed by atoms with van der Waals surface area (Å²) in [5.74, 6) is 0.632. The van der Waals surface area contributed by atoms with E-state index in [2.05, 4.69) is 42.5 Å². The van der Waals surface area contributed by atoms with Crippen LogP contribution < -0.4 is 0 Å². The first-order valence-corrected chi connectivity index (χ1v) is 3.94. The van der Waals surface area contributed by atoms with Crippen molar-refractivity contribution >= 4 is 0 Å². The van der Waals surface area contributed by atoms with Gasteiger partial charge in [0.1, 0.15) is 0 Å². The van der Waals surface area contributed by atoms with Crippen LogP contribution in [0.4, 0.5) is 0 Å². The smallest absolute Gasteiger partial charge is 0.0222 e. The molecule has 0 aromatic heterocycles. The molecule has 1 unspecified atom stereocenters. The van der Waals surface area contributed by atoms with Crippen LogP contribution >= 0.6 is 0 Å². The van der Waals surface area contributed by atoms with E-state index < -0.39 is 0 Å². The van der Waals surface area contributed by atoms with E-state index in [1.54, 1.807) is 0 Å². The molecule has 0 spiro atoms. The largest absolute Gasteiger partial charge is 0.0726 e. The van der Waals surface area contributed by atoms with Crippen LogP contribution in [0.15, 0.2) is 59.3 Å². The Labute approximate surface area is 65.9 Å². The SMILES string of the molecule is C1=CC2=CC3C=CC(=C23)C=C1. The van der Waals surface area contributed by atoms with Gasteiger partial charge in [-0.25, -0.2) is 0 Å². The van der Waals surface area contributed by atoms with E-state index >= 15 is 0 Å². The van der Waals surface area contributed by atoms with Gasteiger partial charge in [-0.05, 0) is 16.7 Å². The second-order valence-electron chi connectivity index (χ2n) is 3.09. The topological polar surface area (TPSA) is 0 Å². The van der Waals surface area contributed by atoms with Crippen LogP contribution in [0.3, 0.4) is 0 Å². The fourth-order valence-electron chi connectivity index (χ4n) is 1.88. The third-order valence-electron chi connectivity index (χ3n) is 2.46. The standard InChI is InChI=1S/C11H8/c1-2-4-9-7-10-6-5-8(3-1)11(9)10/h1-7,10H. The van der Waals surface area contributed by atoms with E-state index in [0.29, 0.717) is 5.92 Å². The maximum absolute atomic E-state index is 2.31. The van der Waals surface area contributed by atoms with Crippen molar-refractivity contribution in [2.24, 2.45) is 5.92 Å². The number of hydrogen-bond donors (Lipinski definition) is 0. The molecule has 52 valence electrons. The highest BCUT2D eigenvalue weighted by Crippen LogP contribution is 2.42. The van der Waals surface area contributed by atoms with E-state index in [-0.39, 0.29) is 0 Å². The average Bonchev–Trinajstić information content (AvgIpc) is 2.21. The van der Waals surface area contributed by atoms with Crippen molar-refractivity contribution in [1.29, 1.82) is 0 Å². The minimum absolute atomic E-state index is 0.632. The maximum atomic E-state index is 2.31. The minimum Gasteiger partial charge on any atom is -0.0726 e. The maximum Gasteiger partial charge on any atom is 0.0222 e. The molecule has 0 bridgehead atoms. The normalized spacial score (nSPS) is 29.8. The molecule has 0 nitrogen and oxygen atoms in total. The van der Waals surface area contributed by atoms with Gasteiger partial charge >= 0.3 is 0 Å². The van der Waals surface area contributed by atoms with Gasteiger partial charge < -0.3 is 0 Å². The van der Waals surface area contributed by atoms with Crippen molar-refractivity contribution in [2.45, 2.75) is 0 Å². The molecule has 0 fully saturated rings. The molecule has 0 N–H and O–H groups in total. The predicted octanol–water partition coefficient (Wildman–Crippen LogP) is 2.54. The first-order valence-electron chi connectivity index (χ1n) is 3.94. The summed E-state index contributed by atoms with van der Waals surface area (Å²) < 4.78 is 0. The molecule has 0 amide bonds. The van der Waals surface area contributed by atoms with Gasteiger partial charge in [0.25, 0.3) is 0 Å². The van der Waals surface area contributed by atoms with Crippen LogP contribution in [-0.2, 0) is 0 Å². The van der Waals surface area contributed by atoms with Crippen LogP contribution in [0.2, 0.25) is 0 Å². The van der Waals surface area contributed by atoms with Gasteiger partial charge in [-0.1, -0.05) is 42.5 Å². The Morgan fingerprint density at radius 3 is 2.91 bits per heavy atom. The molecule has 0 saturated carbocycles. The summed E-state index contributed by atoms with van der Waals surface area (Å²) in [6.07, 6.45) is 15.4. The summed E-state index contributed by atoms with van der Waals surface area (Å²) in [4.78, 5) is 0. The predicted molar refractivity (Wildman–Crippen MR) is 46.0 cm³/mol. The monoisotopic (exact) mass is 140 g/mol. The molecular formula is C11H8. The van der Waals surface area contributed by atoms with E-state index in [0.717, 1.165) is 0 Å². The fraction of sp³-hybridized carbons (Fsp3) is 0.0909. The molecule has 1 atom stereocenters. The zero-order valence-electron chi connectivity index (χ0n) is 6.12. The summed E-state index contributed by atoms with van der Waals surface area (Å²) in [6.45, 7) is 0. The van der Waals surface area contributed by atoms with Crippen molar-refractivity contribution < 1.29 is 0 Å². The quantitative estimate of drug-likeness (QED) is 0.485. The lowest BCUT2D eigenvalue weighted by Crippen LogP contribution is -2.08. The summed E-state index contributed by atoms with van der Waals surface area (Å²) >= 11 is 0. The zero-order chi connectivity index (χ0) is 7.26. The van der Waals surface area contributed by atoms with Crippen molar-refractivity contribution in [1.82, 2.24) is 0 Å². The van der Waals surface area contributed by atoms with E-state index in [4.69, 9.17) is 0 Å². The summed E-state index contributed by atoms with van der Waals surface area (Å²) in [7, 11) is 0. The highest BCUT2D eigenvalue weighted by Gasteiger charge is 2.27. The Morgan fingerprint density at radius 1 is 1.00 bits per heavy atom. The molecule has 3 aliphatic carbocycles. The van der Waals surface area contributed by atoms with E-state index in [9.17, 15) is 0 Å². The first-order chi connectivity index (χ1) is 5.45. The molecule has 0 aliphatic heterocycles. The van der Waals surface area contributed by atoms with Gasteiger partial charge in [0.05, 0.1) is 0 Å². The molecule has 0 aromatic carbocycles. The van der Waals surface area contributed by atoms with Crippen molar-refractivity contribution in [3.8, 4) is 0 Å². The summed E-state index contributed by atoms with van der Waals surface area (Å²) in [5, 5.41) is 0. The lowest BCUT2D eigenvalue weighted by molar-refractivity contribution is 0.924. The highest BCUT2D eigenvalue weighted by atomic mass is 14.3. The van der Waals surface area contributed by atoms with Crippen LogP contribution in [0.25, 0.3) is 0 Å². The molecule has 0 heterocycles. The van der Waals surface area contributed by atoms with Crippen molar-refractivity contribution in [2.75, 3.05) is 0 Å². The lowest BCUT2D eigenvalue weighted by atomic mass is 9.81. The molecule has 0 radical (unpaired) electrons. The molecule has 0 aromatic rings. The van der Waals surface area contributed by atoms with Gasteiger partial charge in [-0.3, -0.25) is 0 Å². The first kappa shape index (κ1) is 5.36. The summed E-state index contributed by atoms with van der Waals surface area (Å²) in [6, 6.07) is 0. The van der Waals surface area contributed by atoms with E-state index in [1.165, 1.54) is 16.7 Å². The number of hydrogen-bond acceptors (Lipinski definition) is 0. The van der Waals surface area contributed by atoms with Crippen LogP contribution in [-0.4, -0.2) is 0 Å². The Morgan fingerprint density at radius 2 is 1.91 bits per heavy atom. The third kappa shape index (κ3) is 0.548.